The molecular formula is C14H26BrN. The van der Waals surface area contributed by atoms with Crippen LogP contribution in [0, 0.1) is 11.3 Å². The van der Waals surface area contributed by atoms with Gasteiger partial charge in [0.05, 0.1) is 0 Å². The first kappa shape index (κ1) is 12.9. The van der Waals surface area contributed by atoms with Crippen LogP contribution < -0.4 is 0 Å². The normalized spacial score (nSPS) is 32.4. The zero-order chi connectivity index (χ0) is 11.6. The summed E-state index contributed by atoms with van der Waals surface area (Å²) < 4.78 is 0. The number of halogens is 1. The Balaban J connectivity index is 1.97. The smallest absolute Gasteiger partial charge is 0.0124 e. The van der Waals surface area contributed by atoms with Crippen LogP contribution in [0.5, 0.6) is 0 Å². The largest absolute Gasteiger partial charge is 0.300 e. The Labute approximate surface area is 109 Å². The Kier molecular flexibility index (Phi) is 4.34. The molecule has 1 saturated carbocycles. The molecule has 94 valence electrons. The molecule has 0 aromatic heterocycles. The van der Waals surface area contributed by atoms with Crippen molar-refractivity contribution in [3.8, 4) is 0 Å². The van der Waals surface area contributed by atoms with E-state index >= 15 is 0 Å². The molecule has 0 unspecified atom stereocenters. The summed E-state index contributed by atoms with van der Waals surface area (Å²) in [4.78, 5) is 2.80. The van der Waals surface area contributed by atoms with Crippen molar-refractivity contribution in [2.75, 3.05) is 18.4 Å². The molecule has 0 radical (unpaired) electrons. The molecule has 0 N–H and O–H groups in total. The highest BCUT2D eigenvalue weighted by Gasteiger charge is 2.35. The molecule has 2 heteroatoms. The number of rotatable bonds is 3. The second kappa shape index (κ2) is 5.39. The predicted octanol–water partition coefficient (Wildman–Crippen LogP) is 4.06. The Morgan fingerprint density at radius 3 is 2.56 bits per heavy atom. The van der Waals surface area contributed by atoms with Gasteiger partial charge >= 0.3 is 0 Å². The molecule has 2 rings (SSSR count). The number of hydrogen-bond donors (Lipinski definition) is 0. The summed E-state index contributed by atoms with van der Waals surface area (Å²) in [6.07, 6.45) is 8.83. The number of alkyl halides is 1. The maximum atomic E-state index is 3.66. The SMILES string of the molecule is CC(C)(CBr)CN1CCC[C@H]2CCCC[C@H]21. The lowest BCUT2D eigenvalue weighted by molar-refractivity contribution is 0.0372. The average molecular weight is 288 g/mol. The van der Waals surface area contributed by atoms with Gasteiger partial charge in [0.25, 0.3) is 0 Å². The molecule has 2 fully saturated rings. The minimum atomic E-state index is 0.430. The maximum Gasteiger partial charge on any atom is 0.0124 e. The van der Waals surface area contributed by atoms with E-state index in [9.17, 15) is 0 Å². The van der Waals surface area contributed by atoms with Crippen molar-refractivity contribution in [2.24, 2.45) is 11.3 Å². The number of fused-ring (bicyclic) bond motifs is 1. The molecule has 1 heterocycles. The lowest BCUT2D eigenvalue weighted by atomic mass is 9.77. The van der Waals surface area contributed by atoms with Crippen molar-refractivity contribution in [2.45, 2.75) is 58.4 Å². The number of hydrogen-bond acceptors (Lipinski definition) is 1. The van der Waals surface area contributed by atoms with Gasteiger partial charge in [0.1, 0.15) is 0 Å². The fraction of sp³-hybridized carbons (Fsp3) is 1.00. The van der Waals surface area contributed by atoms with Crippen molar-refractivity contribution in [3.05, 3.63) is 0 Å². The summed E-state index contributed by atoms with van der Waals surface area (Å²) >= 11 is 3.66. The van der Waals surface area contributed by atoms with Gasteiger partial charge in [-0.3, -0.25) is 4.90 Å². The number of nitrogens with zero attached hydrogens (tertiary/aromatic N) is 1. The van der Waals surface area contributed by atoms with Gasteiger partial charge in [-0.15, -0.1) is 0 Å². The molecule has 2 aliphatic rings. The van der Waals surface area contributed by atoms with E-state index in [1.165, 1.54) is 51.6 Å². The van der Waals surface area contributed by atoms with Gasteiger partial charge in [-0.05, 0) is 43.6 Å². The lowest BCUT2D eigenvalue weighted by Crippen LogP contribution is -2.50. The molecular weight excluding hydrogens is 262 g/mol. The van der Waals surface area contributed by atoms with Gasteiger partial charge in [0, 0.05) is 17.9 Å². The summed E-state index contributed by atoms with van der Waals surface area (Å²) in [7, 11) is 0. The van der Waals surface area contributed by atoms with Crippen molar-refractivity contribution >= 4 is 15.9 Å². The van der Waals surface area contributed by atoms with Gasteiger partial charge in [-0.1, -0.05) is 42.6 Å². The van der Waals surface area contributed by atoms with Crippen molar-refractivity contribution < 1.29 is 0 Å². The molecule has 0 bridgehead atoms. The molecule has 0 spiro atoms. The highest BCUT2D eigenvalue weighted by molar-refractivity contribution is 9.09. The third-order valence-corrected chi connectivity index (χ3v) is 5.87. The first-order valence-corrected chi connectivity index (χ1v) is 8.04. The van der Waals surface area contributed by atoms with Crippen LogP contribution in [-0.4, -0.2) is 29.4 Å². The monoisotopic (exact) mass is 287 g/mol. The Morgan fingerprint density at radius 1 is 1.12 bits per heavy atom. The Morgan fingerprint density at radius 2 is 1.81 bits per heavy atom. The topological polar surface area (TPSA) is 3.24 Å². The van der Waals surface area contributed by atoms with E-state index in [1.807, 2.05) is 0 Å². The predicted molar refractivity (Wildman–Crippen MR) is 74.1 cm³/mol. The van der Waals surface area contributed by atoms with Gasteiger partial charge in [-0.2, -0.15) is 0 Å². The van der Waals surface area contributed by atoms with Gasteiger partial charge in [0.2, 0.25) is 0 Å². The van der Waals surface area contributed by atoms with Gasteiger partial charge in [0.15, 0.2) is 0 Å². The minimum absolute atomic E-state index is 0.430. The molecule has 1 saturated heterocycles. The average Bonchev–Trinajstić information content (AvgIpc) is 2.29. The van der Waals surface area contributed by atoms with Crippen molar-refractivity contribution in [1.29, 1.82) is 0 Å². The van der Waals surface area contributed by atoms with E-state index in [4.69, 9.17) is 0 Å². The van der Waals surface area contributed by atoms with Crippen molar-refractivity contribution in [1.82, 2.24) is 4.90 Å². The van der Waals surface area contributed by atoms with Gasteiger partial charge in [-0.25, -0.2) is 0 Å². The van der Waals surface area contributed by atoms with Gasteiger partial charge < -0.3 is 0 Å². The standard InChI is InChI=1S/C14H26BrN/c1-14(2,10-15)11-16-9-5-7-12-6-3-4-8-13(12)16/h12-13H,3-11H2,1-2H3/t12-,13-/m1/s1. The summed E-state index contributed by atoms with van der Waals surface area (Å²) in [5.74, 6) is 1.02. The third kappa shape index (κ3) is 3.01. The second-order valence-corrected chi connectivity index (χ2v) is 7.08. The fourth-order valence-electron chi connectivity index (χ4n) is 3.52. The van der Waals surface area contributed by atoms with Crippen LogP contribution in [0.1, 0.15) is 52.4 Å². The van der Waals surface area contributed by atoms with E-state index in [0.29, 0.717) is 5.41 Å². The lowest BCUT2D eigenvalue weighted by Gasteiger charge is -2.46. The minimum Gasteiger partial charge on any atom is -0.300 e. The molecule has 0 aromatic rings. The zero-order valence-corrected chi connectivity index (χ0v) is 12.4. The van der Waals surface area contributed by atoms with Crippen LogP contribution in [0.2, 0.25) is 0 Å². The maximum absolute atomic E-state index is 3.66. The molecule has 1 nitrogen and oxygen atoms in total. The Hall–Kier alpha value is 0.440. The number of likely N-dealkylation sites (tertiary alicyclic amines) is 1. The van der Waals surface area contributed by atoms with Crippen LogP contribution in [0.4, 0.5) is 0 Å². The summed E-state index contributed by atoms with van der Waals surface area (Å²) in [6, 6.07) is 0.917. The van der Waals surface area contributed by atoms with E-state index in [0.717, 1.165) is 17.3 Å². The molecule has 16 heavy (non-hydrogen) atoms. The zero-order valence-electron chi connectivity index (χ0n) is 10.8. The van der Waals surface area contributed by atoms with Crippen molar-refractivity contribution in [3.63, 3.8) is 0 Å². The molecule has 2 atom stereocenters. The highest BCUT2D eigenvalue weighted by Crippen LogP contribution is 2.36. The second-order valence-electron chi connectivity index (χ2n) is 6.52. The van der Waals surface area contributed by atoms with Crippen LogP contribution in [-0.2, 0) is 0 Å². The third-order valence-electron chi connectivity index (χ3n) is 4.35. The van der Waals surface area contributed by atoms with E-state index in [2.05, 4.69) is 34.7 Å². The van der Waals surface area contributed by atoms with E-state index in [-0.39, 0.29) is 0 Å². The van der Waals surface area contributed by atoms with Crippen LogP contribution in [0.25, 0.3) is 0 Å². The van der Waals surface area contributed by atoms with E-state index in [1.54, 1.807) is 0 Å². The first-order chi connectivity index (χ1) is 7.62. The van der Waals surface area contributed by atoms with Crippen LogP contribution in [0.3, 0.4) is 0 Å². The first-order valence-electron chi connectivity index (χ1n) is 6.92. The van der Waals surface area contributed by atoms with Crippen LogP contribution >= 0.6 is 15.9 Å². The number of piperidine rings is 1. The molecule has 0 aromatic carbocycles. The van der Waals surface area contributed by atoms with Crippen LogP contribution in [0.15, 0.2) is 0 Å². The summed E-state index contributed by atoms with van der Waals surface area (Å²) in [5, 5.41) is 1.12. The highest BCUT2D eigenvalue weighted by atomic mass is 79.9. The fourth-order valence-corrected chi connectivity index (χ4v) is 3.69. The molecule has 1 aliphatic heterocycles. The summed E-state index contributed by atoms with van der Waals surface area (Å²) in [5.41, 5.74) is 0.430. The van der Waals surface area contributed by atoms with E-state index < -0.39 is 0 Å². The Bertz CT molecular complexity index is 225. The summed E-state index contributed by atoms with van der Waals surface area (Å²) in [6.45, 7) is 7.39. The quantitative estimate of drug-likeness (QED) is 0.708. The molecule has 1 aliphatic carbocycles. The molecule has 0 amide bonds.